The van der Waals surface area contributed by atoms with Crippen LogP contribution in [0.25, 0.3) is 0 Å². The number of amides is 1. The monoisotopic (exact) mass is 281 g/mol. The fraction of sp³-hybridized carbons (Fsp3) is 0.875. The average molecular weight is 281 g/mol. The van der Waals surface area contributed by atoms with Crippen LogP contribution in [0.1, 0.15) is 59.3 Å². The molecule has 4 heteroatoms. The third-order valence-electron chi connectivity index (χ3n) is 4.66. The van der Waals surface area contributed by atoms with E-state index in [0.717, 1.165) is 38.6 Å². The highest BCUT2D eigenvalue weighted by atomic mass is 16.6. The summed E-state index contributed by atoms with van der Waals surface area (Å²) >= 11 is 0. The second-order valence-electron chi connectivity index (χ2n) is 7.31. The number of piperidine rings is 1. The van der Waals surface area contributed by atoms with Crippen molar-refractivity contribution in [1.82, 2.24) is 4.90 Å². The number of carbonyl (C=O) groups excluding carboxylic acids is 2. The predicted molar refractivity (Wildman–Crippen MR) is 77.5 cm³/mol. The van der Waals surface area contributed by atoms with Gasteiger partial charge in [0, 0.05) is 19.5 Å². The summed E-state index contributed by atoms with van der Waals surface area (Å²) in [7, 11) is 0. The van der Waals surface area contributed by atoms with Crippen molar-refractivity contribution < 1.29 is 14.3 Å². The zero-order chi connectivity index (χ0) is 14.8. The number of nitrogens with zero attached hydrogens (tertiary/aromatic N) is 1. The van der Waals surface area contributed by atoms with E-state index in [2.05, 4.69) is 0 Å². The maximum Gasteiger partial charge on any atom is 0.410 e. The van der Waals surface area contributed by atoms with Gasteiger partial charge in [0.1, 0.15) is 11.9 Å². The molecular weight excluding hydrogens is 254 g/mol. The topological polar surface area (TPSA) is 46.6 Å². The van der Waals surface area contributed by atoms with Gasteiger partial charge < -0.3 is 14.4 Å². The fourth-order valence-electron chi connectivity index (χ4n) is 3.37. The normalized spacial score (nSPS) is 22.4. The molecular formula is C16H27NO3. The summed E-state index contributed by atoms with van der Waals surface area (Å²) in [5.41, 5.74) is -0.00343. The summed E-state index contributed by atoms with van der Waals surface area (Å²) < 4.78 is 5.42. The summed E-state index contributed by atoms with van der Waals surface area (Å²) in [6.07, 6.45) is 7.20. The van der Waals surface area contributed by atoms with Crippen LogP contribution < -0.4 is 0 Å². The number of hydrogen-bond acceptors (Lipinski definition) is 3. The first-order valence-corrected chi connectivity index (χ1v) is 7.78. The SMILES string of the molecule is CC(C)(C)OC(=O)N1CCC(C2(CCC=O)CC2)CC1. The molecule has 1 saturated carbocycles. The lowest BCUT2D eigenvalue weighted by Gasteiger charge is -2.37. The summed E-state index contributed by atoms with van der Waals surface area (Å²) in [5.74, 6) is 0.682. The molecule has 0 unspecified atom stereocenters. The van der Waals surface area contributed by atoms with Crippen LogP contribution in [-0.2, 0) is 9.53 Å². The minimum Gasteiger partial charge on any atom is -0.444 e. The number of rotatable bonds is 4. The van der Waals surface area contributed by atoms with Crippen LogP contribution in [0.2, 0.25) is 0 Å². The van der Waals surface area contributed by atoms with Crippen LogP contribution in [0, 0.1) is 11.3 Å². The summed E-state index contributed by atoms with van der Waals surface area (Å²) in [6, 6.07) is 0. The largest absolute Gasteiger partial charge is 0.444 e. The van der Waals surface area contributed by atoms with Gasteiger partial charge in [0.05, 0.1) is 0 Å². The highest BCUT2D eigenvalue weighted by molar-refractivity contribution is 5.68. The van der Waals surface area contributed by atoms with Crippen molar-refractivity contribution in [3.05, 3.63) is 0 Å². The Hall–Kier alpha value is -1.06. The molecule has 0 aromatic carbocycles. The molecule has 0 aromatic rings. The van der Waals surface area contributed by atoms with Gasteiger partial charge in [-0.2, -0.15) is 0 Å². The van der Waals surface area contributed by atoms with Gasteiger partial charge in [0.2, 0.25) is 0 Å². The molecule has 1 heterocycles. The van der Waals surface area contributed by atoms with Crippen molar-refractivity contribution in [1.29, 1.82) is 0 Å². The zero-order valence-electron chi connectivity index (χ0n) is 13.0. The third-order valence-corrected chi connectivity index (χ3v) is 4.66. The van der Waals surface area contributed by atoms with Crippen molar-refractivity contribution in [2.75, 3.05) is 13.1 Å². The Balaban J connectivity index is 1.81. The predicted octanol–water partition coefficient (Wildman–Crippen LogP) is 3.39. The quantitative estimate of drug-likeness (QED) is 0.742. The smallest absolute Gasteiger partial charge is 0.410 e. The molecule has 1 aliphatic carbocycles. The molecule has 1 saturated heterocycles. The first-order valence-electron chi connectivity index (χ1n) is 7.78. The molecule has 0 radical (unpaired) electrons. The van der Waals surface area contributed by atoms with E-state index < -0.39 is 5.60 Å². The van der Waals surface area contributed by atoms with Gasteiger partial charge in [-0.1, -0.05) is 0 Å². The van der Waals surface area contributed by atoms with Crippen molar-refractivity contribution >= 4 is 12.4 Å². The molecule has 4 nitrogen and oxygen atoms in total. The Bertz CT molecular complexity index is 360. The van der Waals surface area contributed by atoms with Crippen molar-refractivity contribution in [3.8, 4) is 0 Å². The molecule has 20 heavy (non-hydrogen) atoms. The minimum atomic E-state index is -0.421. The van der Waals surface area contributed by atoms with E-state index in [9.17, 15) is 9.59 Å². The molecule has 114 valence electrons. The van der Waals surface area contributed by atoms with Gasteiger partial charge in [-0.25, -0.2) is 4.79 Å². The highest BCUT2D eigenvalue weighted by Crippen LogP contribution is 2.58. The second kappa shape index (κ2) is 5.74. The number of carbonyl (C=O) groups is 2. The molecule has 0 aromatic heterocycles. The third kappa shape index (κ3) is 3.74. The van der Waals surface area contributed by atoms with Crippen LogP contribution in [0.4, 0.5) is 4.79 Å². The average Bonchev–Trinajstić information content (AvgIpc) is 3.16. The van der Waals surface area contributed by atoms with E-state index in [1.807, 2.05) is 25.7 Å². The summed E-state index contributed by atoms with van der Waals surface area (Å²) in [4.78, 5) is 24.4. The Morgan fingerprint density at radius 3 is 2.35 bits per heavy atom. The lowest BCUT2D eigenvalue weighted by atomic mass is 9.79. The molecule has 0 bridgehead atoms. The zero-order valence-corrected chi connectivity index (χ0v) is 13.0. The van der Waals surface area contributed by atoms with E-state index in [1.54, 1.807) is 0 Å². The molecule has 1 aliphatic heterocycles. The van der Waals surface area contributed by atoms with Crippen LogP contribution in [0.5, 0.6) is 0 Å². The van der Waals surface area contributed by atoms with E-state index in [0.29, 0.717) is 17.8 Å². The van der Waals surface area contributed by atoms with E-state index >= 15 is 0 Å². The highest BCUT2D eigenvalue weighted by Gasteiger charge is 2.49. The van der Waals surface area contributed by atoms with Crippen molar-refractivity contribution in [3.63, 3.8) is 0 Å². The molecule has 0 N–H and O–H groups in total. The van der Waals surface area contributed by atoms with Crippen molar-refractivity contribution in [2.45, 2.75) is 64.9 Å². The summed E-state index contributed by atoms with van der Waals surface area (Å²) in [6.45, 7) is 7.29. The van der Waals surface area contributed by atoms with Gasteiger partial charge in [0.15, 0.2) is 0 Å². The number of hydrogen-bond donors (Lipinski definition) is 0. The first kappa shape index (κ1) is 15.3. The van der Waals surface area contributed by atoms with Crippen molar-refractivity contribution in [2.24, 2.45) is 11.3 Å². The molecule has 2 fully saturated rings. The number of likely N-dealkylation sites (tertiary alicyclic amines) is 1. The van der Waals surface area contributed by atoms with Gasteiger partial charge >= 0.3 is 6.09 Å². The number of ether oxygens (including phenoxy) is 1. The minimum absolute atomic E-state index is 0.186. The fourth-order valence-corrected chi connectivity index (χ4v) is 3.37. The Morgan fingerprint density at radius 2 is 1.90 bits per heavy atom. The molecule has 2 rings (SSSR count). The Kier molecular flexibility index (Phi) is 4.40. The van der Waals surface area contributed by atoms with E-state index in [4.69, 9.17) is 4.74 Å². The van der Waals surface area contributed by atoms with Crippen LogP contribution in [-0.4, -0.2) is 36.0 Å². The Morgan fingerprint density at radius 1 is 1.30 bits per heavy atom. The summed E-state index contributed by atoms with van der Waals surface area (Å²) in [5, 5.41) is 0. The van der Waals surface area contributed by atoms with Crippen LogP contribution >= 0.6 is 0 Å². The van der Waals surface area contributed by atoms with Crippen LogP contribution in [0.15, 0.2) is 0 Å². The maximum absolute atomic E-state index is 12.0. The second-order valence-corrected chi connectivity index (χ2v) is 7.31. The van der Waals surface area contributed by atoms with Gasteiger partial charge in [-0.15, -0.1) is 0 Å². The molecule has 0 spiro atoms. The first-order chi connectivity index (χ1) is 9.36. The van der Waals surface area contributed by atoms with Gasteiger partial charge in [-0.05, 0) is 64.2 Å². The standard InChI is InChI=1S/C16H27NO3/c1-15(2,3)20-14(19)17-10-5-13(6-11-17)16(8-9-16)7-4-12-18/h12-13H,4-11H2,1-3H3. The van der Waals surface area contributed by atoms with Gasteiger partial charge in [0.25, 0.3) is 0 Å². The van der Waals surface area contributed by atoms with E-state index in [-0.39, 0.29) is 6.09 Å². The van der Waals surface area contributed by atoms with E-state index in [1.165, 1.54) is 12.8 Å². The van der Waals surface area contributed by atoms with Crippen LogP contribution in [0.3, 0.4) is 0 Å². The molecule has 0 atom stereocenters. The Labute approximate surface area is 121 Å². The maximum atomic E-state index is 12.0. The molecule has 1 amide bonds. The molecule has 2 aliphatic rings. The lowest BCUT2D eigenvalue weighted by molar-refractivity contribution is -0.108. The van der Waals surface area contributed by atoms with Gasteiger partial charge in [-0.3, -0.25) is 0 Å². The number of aldehydes is 1. The lowest BCUT2D eigenvalue weighted by Crippen LogP contribution is -2.43.